The van der Waals surface area contributed by atoms with Crippen LogP contribution in [0.3, 0.4) is 0 Å². The number of carboxylic acids is 1. The summed E-state index contributed by atoms with van der Waals surface area (Å²) in [5.74, 6) is -1.62. The zero-order valence-corrected chi connectivity index (χ0v) is 29.5. The van der Waals surface area contributed by atoms with Crippen LogP contribution >= 0.6 is 0 Å². The quantitative estimate of drug-likeness (QED) is 0.158. The Morgan fingerprint density at radius 1 is 0.700 bits per heavy atom. The van der Waals surface area contributed by atoms with Gasteiger partial charge in [0.1, 0.15) is 17.7 Å². The molecule has 0 saturated heterocycles. The van der Waals surface area contributed by atoms with Gasteiger partial charge in [-0.3, -0.25) is 9.59 Å². The molecule has 0 aromatic heterocycles. The van der Waals surface area contributed by atoms with E-state index >= 15 is 0 Å². The van der Waals surface area contributed by atoms with Crippen LogP contribution in [0.5, 0.6) is 11.5 Å². The van der Waals surface area contributed by atoms with E-state index in [0.717, 1.165) is 0 Å². The standard InChI is InChI=1S/C34H42N4O11S/c1-33(2,3)48-31(42)46-27-13-9-7-11-25(27)37(21-29(39)36-23-15-17-24(18-16-23)50(35,44)45)19-20-38(22-30(40)41)26-12-8-10-14-28(26)47-32(43)49-34(4,5)6/h7-18H,19-22H2,1-6H3,(H,36,39)(H,40,41)(H2,35,44,45). The molecule has 4 N–H and O–H groups in total. The van der Waals surface area contributed by atoms with E-state index in [1.54, 1.807) is 82.8 Å². The minimum atomic E-state index is -3.95. The fourth-order valence-electron chi connectivity index (χ4n) is 4.41. The molecular formula is C34H42N4O11S. The zero-order valence-electron chi connectivity index (χ0n) is 28.7. The highest BCUT2D eigenvalue weighted by Gasteiger charge is 2.25. The summed E-state index contributed by atoms with van der Waals surface area (Å²) in [5.41, 5.74) is -0.852. The Morgan fingerprint density at radius 3 is 1.52 bits per heavy atom. The minimum Gasteiger partial charge on any atom is -0.480 e. The number of hydrogen-bond donors (Lipinski definition) is 3. The van der Waals surface area contributed by atoms with E-state index in [1.165, 1.54) is 41.3 Å². The van der Waals surface area contributed by atoms with Gasteiger partial charge in [-0.1, -0.05) is 24.3 Å². The monoisotopic (exact) mass is 714 g/mol. The predicted molar refractivity (Wildman–Crippen MR) is 185 cm³/mol. The highest BCUT2D eigenvalue weighted by atomic mass is 32.2. The lowest BCUT2D eigenvalue weighted by atomic mass is 10.2. The summed E-state index contributed by atoms with van der Waals surface area (Å²) in [6, 6.07) is 17.9. The number of anilines is 3. The van der Waals surface area contributed by atoms with Gasteiger partial charge in [-0.2, -0.15) is 0 Å². The summed E-state index contributed by atoms with van der Waals surface area (Å²) in [6.45, 7) is 9.15. The van der Waals surface area contributed by atoms with Gasteiger partial charge in [-0.05, 0) is 90.1 Å². The number of nitrogens with one attached hydrogen (secondary N) is 1. The number of aliphatic carboxylic acids is 1. The Hall–Kier alpha value is -5.35. The zero-order chi connectivity index (χ0) is 37.3. The number of nitrogens with zero attached hydrogens (tertiary/aromatic N) is 2. The first-order valence-corrected chi connectivity index (χ1v) is 16.9. The third kappa shape index (κ3) is 12.9. The summed E-state index contributed by atoms with van der Waals surface area (Å²) in [6.07, 6.45) is -1.96. The van der Waals surface area contributed by atoms with Crippen LogP contribution in [0.2, 0.25) is 0 Å². The Kier molecular flexibility index (Phi) is 12.8. The first-order chi connectivity index (χ1) is 23.2. The van der Waals surface area contributed by atoms with Gasteiger partial charge in [0, 0.05) is 18.8 Å². The maximum atomic E-state index is 13.4. The summed E-state index contributed by atoms with van der Waals surface area (Å²) in [7, 11) is -3.95. The lowest BCUT2D eigenvalue weighted by Gasteiger charge is -2.31. The number of carbonyl (C=O) groups is 4. The van der Waals surface area contributed by atoms with Gasteiger partial charge in [0.25, 0.3) is 0 Å². The van der Waals surface area contributed by atoms with Crippen molar-refractivity contribution in [3.05, 3.63) is 72.8 Å². The minimum absolute atomic E-state index is 0.0134. The highest BCUT2D eigenvalue weighted by molar-refractivity contribution is 7.89. The summed E-state index contributed by atoms with van der Waals surface area (Å²) in [5, 5.41) is 17.7. The second kappa shape index (κ2) is 16.4. The van der Waals surface area contributed by atoms with Crippen LogP contribution in [-0.2, 0) is 29.1 Å². The number of carboxylic acid groups (broad SMARTS) is 1. The largest absolute Gasteiger partial charge is 0.514 e. The molecule has 0 fully saturated rings. The number of benzene rings is 3. The first kappa shape index (κ1) is 39.1. The summed E-state index contributed by atoms with van der Waals surface area (Å²) >= 11 is 0. The maximum Gasteiger partial charge on any atom is 0.514 e. The van der Waals surface area contributed by atoms with E-state index in [-0.39, 0.29) is 47.4 Å². The Morgan fingerprint density at radius 2 is 1.12 bits per heavy atom. The van der Waals surface area contributed by atoms with Crippen LogP contribution in [0.25, 0.3) is 0 Å². The van der Waals surface area contributed by atoms with Crippen molar-refractivity contribution in [1.82, 2.24) is 0 Å². The Labute approximate surface area is 290 Å². The molecule has 0 aliphatic rings. The molecule has 0 spiro atoms. The molecule has 0 bridgehead atoms. The summed E-state index contributed by atoms with van der Waals surface area (Å²) < 4.78 is 44.8. The van der Waals surface area contributed by atoms with Gasteiger partial charge in [0.05, 0.1) is 22.8 Å². The Balaban J connectivity index is 1.95. The van der Waals surface area contributed by atoms with Crippen molar-refractivity contribution in [3.8, 4) is 11.5 Å². The van der Waals surface area contributed by atoms with E-state index in [9.17, 15) is 32.7 Å². The topological polar surface area (TPSA) is 204 Å². The lowest BCUT2D eigenvalue weighted by molar-refractivity contribution is -0.135. The van der Waals surface area contributed by atoms with Crippen LogP contribution in [0.1, 0.15) is 41.5 Å². The molecule has 0 saturated carbocycles. The highest BCUT2D eigenvalue weighted by Crippen LogP contribution is 2.31. The number of carbonyl (C=O) groups excluding carboxylic acids is 3. The molecule has 0 radical (unpaired) electrons. The number of primary sulfonamides is 1. The normalized spacial score (nSPS) is 11.6. The number of para-hydroxylation sites is 4. The van der Waals surface area contributed by atoms with E-state index in [0.29, 0.717) is 5.69 Å². The Bertz CT molecular complexity index is 1780. The van der Waals surface area contributed by atoms with Crippen molar-refractivity contribution < 1.29 is 51.6 Å². The van der Waals surface area contributed by atoms with Crippen LogP contribution in [0.4, 0.5) is 26.7 Å². The second-order valence-electron chi connectivity index (χ2n) is 12.9. The van der Waals surface area contributed by atoms with E-state index in [4.69, 9.17) is 24.1 Å². The molecule has 16 heteroatoms. The average Bonchev–Trinajstić information content (AvgIpc) is 2.97. The van der Waals surface area contributed by atoms with Crippen molar-refractivity contribution in [3.63, 3.8) is 0 Å². The van der Waals surface area contributed by atoms with Crippen molar-refractivity contribution >= 4 is 51.3 Å². The van der Waals surface area contributed by atoms with Crippen molar-refractivity contribution in [2.75, 3.05) is 41.3 Å². The molecule has 15 nitrogen and oxygen atoms in total. The smallest absolute Gasteiger partial charge is 0.480 e. The van der Waals surface area contributed by atoms with Crippen molar-refractivity contribution in [1.29, 1.82) is 0 Å². The number of ether oxygens (including phenoxy) is 4. The molecular weight excluding hydrogens is 672 g/mol. The fourth-order valence-corrected chi connectivity index (χ4v) is 4.92. The molecule has 1 amide bonds. The molecule has 0 atom stereocenters. The van der Waals surface area contributed by atoms with Crippen LogP contribution < -0.4 is 29.7 Å². The lowest BCUT2D eigenvalue weighted by Crippen LogP contribution is -2.41. The van der Waals surface area contributed by atoms with Crippen LogP contribution in [0, 0.1) is 0 Å². The SMILES string of the molecule is CC(C)(C)OC(=O)Oc1ccccc1N(CCN(CC(=O)Nc1ccc(S(N)(=O)=O)cc1)c1ccccc1OC(=O)OC(C)(C)C)CC(=O)O. The van der Waals surface area contributed by atoms with Gasteiger partial charge in [-0.15, -0.1) is 0 Å². The van der Waals surface area contributed by atoms with Gasteiger partial charge in [0.15, 0.2) is 11.5 Å². The van der Waals surface area contributed by atoms with Gasteiger partial charge < -0.3 is 39.2 Å². The first-order valence-electron chi connectivity index (χ1n) is 15.3. The summed E-state index contributed by atoms with van der Waals surface area (Å²) in [4.78, 5) is 53.4. The van der Waals surface area contributed by atoms with E-state index < -0.39 is 52.0 Å². The number of amides is 1. The van der Waals surface area contributed by atoms with E-state index in [1.807, 2.05) is 0 Å². The molecule has 0 heterocycles. The van der Waals surface area contributed by atoms with Gasteiger partial charge in [-0.25, -0.2) is 23.1 Å². The van der Waals surface area contributed by atoms with Crippen molar-refractivity contribution in [2.24, 2.45) is 5.14 Å². The molecule has 0 aliphatic heterocycles. The fraction of sp³-hybridized carbons (Fsp3) is 0.353. The second-order valence-corrected chi connectivity index (χ2v) is 14.5. The number of sulfonamides is 1. The molecule has 3 rings (SSSR count). The molecule has 3 aromatic carbocycles. The van der Waals surface area contributed by atoms with Crippen LogP contribution in [-0.4, -0.2) is 75.1 Å². The van der Waals surface area contributed by atoms with E-state index in [2.05, 4.69) is 5.32 Å². The number of hydrogen-bond acceptors (Lipinski definition) is 12. The number of rotatable bonds is 13. The molecule has 0 aliphatic carbocycles. The molecule has 270 valence electrons. The third-order valence-corrected chi connectivity index (χ3v) is 7.27. The third-order valence-electron chi connectivity index (χ3n) is 6.34. The molecule has 50 heavy (non-hydrogen) atoms. The molecule has 0 unspecified atom stereocenters. The number of nitrogens with two attached hydrogens (primary N) is 1. The molecule has 3 aromatic rings. The predicted octanol–water partition coefficient (Wildman–Crippen LogP) is 5.00. The average molecular weight is 715 g/mol. The van der Waals surface area contributed by atoms with Crippen LogP contribution in [0.15, 0.2) is 77.7 Å². The maximum absolute atomic E-state index is 13.4. The van der Waals surface area contributed by atoms with Crippen molar-refractivity contribution in [2.45, 2.75) is 57.6 Å². The van der Waals surface area contributed by atoms with Gasteiger partial charge in [0.2, 0.25) is 15.9 Å². The van der Waals surface area contributed by atoms with Gasteiger partial charge >= 0.3 is 18.3 Å².